The van der Waals surface area contributed by atoms with Crippen LogP contribution < -0.4 is 9.47 Å². The first-order chi connectivity index (χ1) is 10.2. The Morgan fingerprint density at radius 2 is 1.52 bits per heavy atom. The second kappa shape index (κ2) is 5.85. The van der Waals surface area contributed by atoms with Crippen LogP contribution in [-0.4, -0.2) is 6.16 Å². The lowest BCUT2D eigenvalue weighted by Crippen LogP contribution is -2.14. The fourth-order valence-electron chi connectivity index (χ4n) is 2.01. The summed E-state index contributed by atoms with van der Waals surface area (Å²) in [6.45, 7) is 0. The maximum Gasteiger partial charge on any atom is 0.519 e. The van der Waals surface area contributed by atoms with Crippen LogP contribution in [-0.2, 0) is 0 Å². The molecular weight excluding hydrogens is 288 g/mol. The molecule has 0 heterocycles. The molecule has 3 aromatic carbocycles. The van der Waals surface area contributed by atoms with Crippen LogP contribution in [0.5, 0.6) is 11.5 Å². The van der Waals surface area contributed by atoms with E-state index in [1.54, 1.807) is 30.3 Å². The monoisotopic (exact) mass is 298 g/mol. The minimum Gasteiger partial charge on any atom is -0.395 e. The van der Waals surface area contributed by atoms with Crippen LogP contribution in [0.25, 0.3) is 10.8 Å². The van der Waals surface area contributed by atoms with Crippen molar-refractivity contribution in [2.24, 2.45) is 0 Å². The fraction of sp³-hybridized carbons (Fsp3) is 0. The third-order valence-corrected chi connectivity index (χ3v) is 3.26. The SMILES string of the molecule is O=C(Oc1ccccc1)Oc1c(Cl)ccc2ccccc12. The maximum absolute atomic E-state index is 11.9. The van der Waals surface area contributed by atoms with Crippen LogP contribution in [0.3, 0.4) is 0 Å². The van der Waals surface area contributed by atoms with E-state index in [0.29, 0.717) is 16.5 Å². The van der Waals surface area contributed by atoms with E-state index < -0.39 is 6.16 Å². The highest BCUT2D eigenvalue weighted by molar-refractivity contribution is 6.33. The molecule has 0 saturated heterocycles. The number of hydrogen-bond donors (Lipinski definition) is 0. The van der Waals surface area contributed by atoms with E-state index in [-0.39, 0.29) is 0 Å². The zero-order valence-corrected chi connectivity index (χ0v) is 11.7. The molecule has 0 atom stereocenters. The van der Waals surface area contributed by atoms with Gasteiger partial charge in [-0.3, -0.25) is 0 Å². The van der Waals surface area contributed by atoms with Crippen LogP contribution >= 0.6 is 11.6 Å². The Hall–Kier alpha value is -2.52. The predicted octanol–water partition coefficient (Wildman–Crippen LogP) is 5.07. The molecule has 0 amide bonds. The Morgan fingerprint density at radius 1 is 0.810 bits per heavy atom. The second-order valence-electron chi connectivity index (χ2n) is 4.36. The molecule has 3 rings (SSSR count). The van der Waals surface area contributed by atoms with Gasteiger partial charge in [-0.05, 0) is 23.6 Å². The van der Waals surface area contributed by atoms with E-state index in [4.69, 9.17) is 21.1 Å². The van der Waals surface area contributed by atoms with E-state index in [1.165, 1.54) is 0 Å². The average molecular weight is 299 g/mol. The second-order valence-corrected chi connectivity index (χ2v) is 4.77. The summed E-state index contributed by atoms with van der Waals surface area (Å²) in [6, 6.07) is 19.8. The van der Waals surface area contributed by atoms with Gasteiger partial charge < -0.3 is 9.47 Å². The molecule has 0 fully saturated rings. The van der Waals surface area contributed by atoms with E-state index >= 15 is 0 Å². The van der Waals surface area contributed by atoms with Gasteiger partial charge in [0.25, 0.3) is 0 Å². The number of ether oxygens (including phenoxy) is 2. The molecular formula is C17H11ClO3. The quantitative estimate of drug-likeness (QED) is 0.489. The van der Waals surface area contributed by atoms with Crippen LogP contribution in [0.15, 0.2) is 66.7 Å². The van der Waals surface area contributed by atoms with Gasteiger partial charge in [-0.15, -0.1) is 0 Å². The van der Waals surface area contributed by atoms with Gasteiger partial charge in [0.05, 0.1) is 5.02 Å². The summed E-state index contributed by atoms with van der Waals surface area (Å²) in [7, 11) is 0. The zero-order chi connectivity index (χ0) is 14.7. The van der Waals surface area contributed by atoms with Crippen molar-refractivity contribution in [2.45, 2.75) is 0 Å². The van der Waals surface area contributed by atoms with Crippen molar-refractivity contribution in [3.63, 3.8) is 0 Å². The standard InChI is InChI=1S/C17H11ClO3/c18-15-11-10-12-6-4-5-9-14(12)16(15)21-17(19)20-13-7-2-1-3-8-13/h1-11H. The molecule has 0 radical (unpaired) electrons. The van der Waals surface area contributed by atoms with Crippen molar-refractivity contribution in [3.05, 3.63) is 71.8 Å². The van der Waals surface area contributed by atoms with Crippen molar-refractivity contribution in [2.75, 3.05) is 0 Å². The Bertz CT molecular complexity index is 784. The van der Waals surface area contributed by atoms with E-state index in [0.717, 1.165) is 10.8 Å². The molecule has 0 aliphatic heterocycles. The molecule has 0 N–H and O–H groups in total. The van der Waals surface area contributed by atoms with Gasteiger partial charge in [0, 0.05) is 5.39 Å². The molecule has 0 aromatic heterocycles. The molecule has 0 aliphatic rings. The normalized spacial score (nSPS) is 10.3. The summed E-state index contributed by atoms with van der Waals surface area (Å²) >= 11 is 6.12. The third kappa shape index (κ3) is 2.98. The summed E-state index contributed by atoms with van der Waals surface area (Å²) in [5.74, 6) is 0.717. The minimum atomic E-state index is -0.820. The van der Waals surface area contributed by atoms with Crippen molar-refractivity contribution in [1.82, 2.24) is 0 Å². The smallest absolute Gasteiger partial charge is 0.395 e. The number of carbonyl (C=O) groups is 1. The highest BCUT2D eigenvalue weighted by atomic mass is 35.5. The third-order valence-electron chi connectivity index (χ3n) is 2.96. The molecule has 0 spiro atoms. The van der Waals surface area contributed by atoms with Crippen LogP contribution in [0.4, 0.5) is 4.79 Å². The van der Waals surface area contributed by atoms with Gasteiger partial charge in [-0.25, -0.2) is 4.79 Å². The van der Waals surface area contributed by atoms with Gasteiger partial charge >= 0.3 is 6.16 Å². The molecule has 0 unspecified atom stereocenters. The van der Waals surface area contributed by atoms with Crippen molar-refractivity contribution in [1.29, 1.82) is 0 Å². The lowest BCUT2D eigenvalue weighted by atomic mass is 10.1. The lowest BCUT2D eigenvalue weighted by Gasteiger charge is -2.09. The highest BCUT2D eigenvalue weighted by Gasteiger charge is 2.13. The Labute approximate surface area is 126 Å². The number of carbonyl (C=O) groups excluding carboxylic acids is 1. The Balaban J connectivity index is 1.88. The average Bonchev–Trinajstić information content (AvgIpc) is 2.51. The van der Waals surface area contributed by atoms with Gasteiger partial charge in [0.1, 0.15) is 5.75 Å². The summed E-state index contributed by atoms with van der Waals surface area (Å²) in [5, 5.41) is 2.05. The Kier molecular flexibility index (Phi) is 3.75. The number of para-hydroxylation sites is 1. The minimum absolute atomic E-state index is 0.302. The number of benzene rings is 3. The molecule has 0 bridgehead atoms. The number of hydrogen-bond acceptors (Lipinski definition) is 3. The highest BCUT2D eigenvalue weighted by Crippen LogP contribution is 2.33. The summed E-state index contributed by atoms with van der Waals surface area (Å²) in [5.41, 5.74) is 0. The van der Waals surface area contributed by atoms with Crippen molar-refractivity contribution >= 4 is 28.5 Å². The van der Waals surface area contributed by atoms with Crippen molar-refractivity contribution in [3.8, 4) is 11.5 Å². The molecule has 3 nitrogen and oxygen atoms in total. The largest absolute Gasteiger partial charge is 0.519 e. The first-order valence-electron chi connectivity index (χ1n) is 6.36. The number of fused-ring (bicyclic) bond motifs is 1. The van der Waals surface area contributed by atoms with Crippen LogP contribution in [0.1, 0.15) is 0 Å². The lowest BCUT2D eigenvalue weighted by molar-refractivity contribution is 0.152. The zero-order valence-electron chi connectivity index (χ0n) is 11.0. The molecule has 21 heavy (non-hydrogen) atoms. The fourth-order valence-corrected chi connectivity index (χ4v) is 2.21. The maximum atomic E-state index is 11.9. The molecule has 4 heteroatoms. The van der Waals surface area contributed by atoms with Gasteiger partial charge in [0.15, 0.2) is 5.75 Å². The van der Waals surface area contributed by atoms with Crippen LogP contribution in [0.2, 0.25) is 5.02 Å². The molecule has 3 aromatic rings. The van der Waals surface area contributed by atoms with Gasteiger partial charge in [0.2, 0.25) is 0 Å². The predicted molar refractivity (Wildman–Crippen MR) is 82.1 cm³/mol. The Morgan fingerprint density at radius 3 is 2.33 bits per heavy atom. The van der Waals surface area contributed by atoms with E-state index in [2.05, 4.69) is 0 Å². The molecule has 0 saturated carbocycles. The van der Waals surface area contributed by atoms with E-state index in [1.807, 2.05) is 36.4 Å². The molecule has 0 aliphatic carbocycles. The summed E-state index contributed by atoms with van der Waals surface area (Å²) in [4.78, 5) is 11.9. The number of halogens is 1. The first-order valence-corrected chi connectivity index (χ1v) is 6.74. The van der Waals surface area contributed by atoms with Gasteiger partial charge in [-0.2, -0.15) is 0 Å². The molecule has 104 valence electrons. The number of rotatable bonds is 2. The van der Waals surface area contributed by atoms with Gasteiger partial charge in [-0.1, -0.05) is 60.1 Å². The summed E-state index contributed by atoms with van der Waals surface area (Å²) < 4.78 is 10.4. The van der Waals surface area contributed by atoms with Crippen LogP contribution in [0, 0.1) is 0 Å². The first kappa shape index (κ1) is 13.5. The summed E-state index contributed by atoms with van der Waals surface area (Å²) in [6.07, 6.45) is -0.820. The van der Waals surface area contributed by atoms with E-state index in [9.17, 15) is 4.79 Å². The topological polar surface area (TPSA) is 35.5 Å². The van der Waals surface area contributed by atoms with Crippen molar-refractivity contribution < 1.29 is 14.3 Å².